The number of hydrogen-bond acceptors (Lipinski definition) is 2. The smallest absolute Gasteiger partial charge is 0.214 e. The van der Waals surface area contributed by atoms with E-state index in [9.17, 15) is 4.39 Å². The molecule has 0 aromatic carbocycles. The number of halogens is 1. The standard InChI is InChI=1S/C10H12FN3/c1-10(2,3)9-7-4-5-8(11)14(7)13-6-12-9/h4-6H,1-3H3. The van der Waals surface area contributed by atoms with Crippen LogP contribution in [0.2, 0.25) is 0 Å². The maximum atomic E-state index is 13.2. The van der Waals surface area contributed by atoms with Crippen LogP contribution in [0.3, 0.4) is 0 Å². The first-order chi connectivity index (χ1) is 6.50. The summed E-state index contributed by atoms with van der Waals surface area (Å²) < 4.78 is 14.5. The van der Waals surface area contributed by atoms with Crippen molar-refractivity contribution in [1.29, 1.82) is 0 Å². The third-order valence-corrected chi connectivity index (χ3v) is 2.12. The van der Waals surface area contributed by atoms with Gasteiger partial charge in [-0.2, -0.15) is 9.49 Å². The molecule has 74 valence electrons. The van der Waals surface area contributed by atoms with E-state index in [-0.39, 0.29) is 11.4 Å². The SMILES string of the molecule is CC(C)(C)c1ncnn2c(F)ccc12. The van der Waals surface area contributed by atoms with Crippen molar-refractivity contribution in [3.63, 3.8) is 0 Å². The van der Waals surface area contributed by atoms with Gasteiger partial charge in [-0.15, -0.1) is 0 Å². The zero-order valence-corrected chi connectivity index (χ0v) is 8.45. The largest absolute Gasteiger partial charge is 0.237 e. The monoisotopic (exact) mass is 193 g/mol. The summed E-state index contributed by atoms with van der Waals surface area (Å²) in [4.78, 5) is 4.19. The first kappa shape index (κ1) is 9.12. The highest BCUT2D eigenvalue weighted by molar-refractivity contribution is 5.53. The number of nitrogens with zero attached hydrogens (tertiary/aromatic N) is 3. The molecule has 14 heavy (non-hydrogen) atoms. The van der Waals surface area contributed by atoms with Crippen LogP contribution in [-0.2, 0) is 5.41 Å². The molecule has 2 rings (SSSR count). The summed E-state index contributed by atoms with van der Waals surface area (Å²) in [5.41, 5.74) is 1.49. The molecule has 0 aliphatic carbocycles. The Morgan fingerprint density at radius 1 is 1.29 bits per heavy atom. The molecule has 4 heteroatoms. The lowest BCUT2D eigenvalue weighted by atomic mass is 9.91. The van der Waals surface area contributed by atoms with Crippen molar-refractivity contribution in [2.45, 2.75) is 26.2 Å². The van der Waals surface area contributed by atoms with Crippen LogP contribution in [0.25, 0.3) is 5.52 Å². The fourth-order valence-electron chi connectivity index (χ4n) is 1.48. The average molecular weight is 193 g/mol. The van der Waals surface area contributed by atoms with Crippen molar-refractivity contribution < 1.29 is 4.39 Å². The van der Waals surface area contributed by atoms with Crippen LogP contribution < -0.4 is 0 Å². The molecule has 0 atom stereocenters. The van der Waals surface area contributed by atoms with E-state index in [1.807, 2.05) is 20.8 Å². The molecule has 0 amide bonds. The number of aromatic nitrogens is 3. The van der Waals surface area contributed by atoms with Crippen LogP contribution in [0.5, 0.6) is 0 Å². The van der Waals surface area contributed by atoms with Gasteiger partial charge in [0.2, 0.25) is 5.95 Å². The minimum absolute atomic E-state index is 0.102. The maximum absolute atomic E-state index is 13.2. The summed E-state index contributed by atoms with van der Waals surface area (Å²) in [6.07, 6.45) is 1.39. The first-order valence-electron chi connectivity index (χ1n) is 4.49. The Balaban J connectivity index is 2.79. The second-order valence-electron chi connectivity index (χ2n) is 4.31. The van der Waals surface area contributed by atoms with Crippen molar-refractivity contribution in [3.05, 3.63) is 30.1 Å². The van der Waals surface area contributed by atoms with Gasteiger partial charge in [-0.05, 0) is 12.1 Å². The summed E-state index contributed by atoms with van der Waals surface area (Å²) in [6.45, 7) is 6.13. The molecule has 0 bridgehead atoms. The van der Waals surface area contributed by atoms with E-state index >= 15 is 0 Å². The number of fused-ring (bicyclic) bond motifs is 1. The van der Waals surface area contributed by atoms with Gasteiger partial charge in [-0.25, -0.2) is 9.50 Å². The Hall–Kier alpha value is -1.45. The fourth-order valence-corrected chi connectivity index (χ4v) is 1.48. The minimum Gasteiger partial charge on any atom is -0.237 e. The molecule has 0 N–H and O–H groups in total. The van der Waals surface area contributed by atoms with E-state index in [1.54, 1.807) is 6.07 Å². The van der Waals surface area contributed by atoms with Gasteiger partial charge in [0.25, 0.3) is 0 Å². The van der Waals surface area contributed by atoms with Crippen LogP contribution >= 0.6 is 0 Å². The summed E-state index contributed by atoms with van der Waals surface area (Å²) in [7, 11) is 0. The van der Waals surface area contributed by atoms with Crippen molar-refractivity contribution in [2.75, 3.05) is 0 Å². The second-order valence-corrected chi connectivity index (χ2v) is 4.31. The highest BCUT2D eigenvalue weighted by Crippen LogP contribution is 2.24. The molecular formula is C10H12FN3. The highest BCUT2D eigenvalue weighted by Gasteiger charge is 2.20. The molecule has 0 saturated carbocycles. The van der Waals surface area contributed by atoms with Gasteiger partial charge in [0.1, 0.15) is 6.33 Å². The molecule has 0 fully saturated rings. The van der Waals surface area contributed by atoms with Crippen LogP contribution in [0.1, 0.15) is 26.5 Å². The lowest BCUT2D eigenvalue weighted by Gasteiger charge is -2.17. The summed E-state index contributed by atoms with van der Waals surface area (Å²) in [5.74, 6) is -0.354. The van der Waals surface area contributed by atoms with Gasteiger partial charge in [-0.1, -0.05) is 20.8 Å². The van der Waals surface area contributed by atoms with E-state index in [0.717, 1.165) is 11.2 Å². The molecule has 0 aliphatic rings. The Morgan fingerprint density at radius 2 is 2.00 bits per heavy atom. The molecule has 2 heterocycles. The summed E-state index contributed by atoms with van der Waals surface area (Å²) >= 11 is 0. The third kappa shape index (κ3) is 1.27. The van der Waals surface area contributed by atoms with Crippen LogP contribution in [0, 0.1) is 5.95 Å². The number of hydrogen-bond donors (Lipinski definition) is 0. The minimum atomic E-state index is -0.354. The van der Waals surface area contributed by atoms with Gasteiger partial charge in [0.05, 0.1) is 11.2 Å². The molecule has 0 saturated heterocycles. The predicted octanol–water partition coefficient (Wildman–Crippen LogP) is 2.17. The van der Waals surface area contributed by atoms with Gasteiger partial charge < -0.3 is 0 Å². The average Bonchev–Trinajstić information content (AvgIpc) is 2.46. The second kappa shape index (κ2) is 2.77. The lowest BCUT2D eigenvalue weighted by molar-refractivity contribution is 0.530. The van der Waals surface area contributed by atoms with Crippen molar-refractivity contribution in [3.8, 4) is 0 Å². The van der Waals surface area contributed by atoms with Crippen LogP contribution in [0.4, 0.5) is 4.39 Å². The Morgan fingerprint density at radius 3 is 2.64 bits per heavy atom. The zero-order valence-electron chi connectivity index (χ0n) is 8.45. The summed E-state index contributed by atoms with van der Waals surface area (Å²) in [5, 5.41) is 3.85. The van der Waals surface area contributed by atoms with Gasteiger partial charge in [-0.3, -0.25) is 0 Å². The molecule has 0 spiro atoms. The molecule has 2 aromatic rings. The highest BCUT2D eigenvalue weighted by atomic mass is 19.1. The fraction of sp³-hybridized carbons (Fsp3) is 0.400. The molecular weight excluding hydrogens is 181 g/mol. The normalized spacial score (nSPS) is 12.3. The van der Waals surface area contributed by atoms with Crippen LogP contribution in [0.15, 0.2) is 18.5 Å². The lowest BCUT2D eigenvalue weighted by Crippen LogP contribution is -2.16. The third-order valence-electron chi connectivity index (χ3n) is 2.12. The molecule has 0 unspecified atom stereocenters. The summed E-state index contributed by atoms with van der Waals surface area (Å²) in [6, 6.07) is 3.11. The maximum Gasteiger partial charge on any atom is 0.214 e. The van der Waals surface area contributed by atoms with Crippen LogP contribution in [-0.4, -0.2) is 14.6 Å². The van der Waals surface area contributed by atoms with E-state index in [4.69, 9.17) is 0 Å². The molecule has 3 nitrogen and oxygen atoms in total. The van der Waals surface area contributed by atoms with E-state index in [1.165, 1.54) is 16.9 Å². The zero-order chi connectivity index (χ0) is 10.3. The topological polar surface area (TPSA) is 30.2 Å². The van der Waals surface area contributed by atoms with Gasteiger partial charge >= 0.3 is 0 Å². The first-order valence-corrected chi connectivity index (χ1v) is 4.49. The van der Waals surface area contributed by atoms with E-state index < -0.39 is 0 Å². The Kier molecular flexibility index (Phi) is 1.80. The molecule has 2 aromatic heterocycles. The molecule has 0 radical (unpaired) electrons. The molecule has 0 aliphatic heterocycles. The predicted molar refractivity (Wildman–Crippen MR) is 51.6 cm³/mol. The van der Waals surface area contributed by atoms with Crippen molar-refractivity contribution in [2.24, 2.45) is 0 Å². The van der Waals surface area contributed by atoms with Gasteiger partial charge in [0.15, 0.2) is 0 Å². The van der Waals surface area contributed by atoms with E-state index in [0.29, 0.717) is 0 Å². The van der Waals surface area contributed by atoms with Gasteiger partial charge in [0, 0.05) is 5.41 Å². The Bertz CT molecular complexity index is 468. The van der Waals surface area contributed by atoms with Crippen molar-refractivity contribution >= 4 is 5.52 Å². The van der Waals surface area contributed by atoms with E-state index in [2.05, 4.69) is 10.1 Å². The number of rotatable bonds is 0. The Labute approximate surface area is 81.6 Å². The van der Waals surface area contributed by atoms with Crippen molar-refractivity contribution in [1.82, 2.24) is 14.6 Å². The quantitative estimate of drug-likeness (QED) is 0.641.